The lowest BCUT2D eigenvalue weighted by Crippen LogP contribution is -2.01. The average molecular weight is 303 g/mol. The van der Waals surface area contributed by atoms with Crippen LogP contribution in [0.1, 0.15) is 11.3 Å². The smallest absolute Gasteiger partial charge is 0.228 e. The van der Waals surface area contributed by atoms with Crippen molar-refractivity contribution in [2.45, 2.75) is 13.8 Å². The van der Waals surface area contributed by atoms with E-state index in [1.54, 1.807) is 0 Å². The third-order valence-electron chi connectivity index (χ3n) is 4.08. The molecule has 0 bridgehead atoms. The van der Waals surface area contributed by atoms with Crippen LogP contribution in [0.3, 0.4) is 0 Å². The number of anilines is 2. The maximum absolute atomic E-state index is 4.62. The van der Waals surface area contributed by atoms with Gasteiger partial charge in [0.05, 0.1) is 23.1 Å². The minimum Gasteiger partial charge on any atom is -0.336 e. The quantitative estimate of drug-likeness (QED) is 0.610. The van der Waals surface area contributed by atoms with Gasteiger partial charge in [-0.05, 0) is 37.6 Å². The van der Waals surface area contributed by atoms with Crippen LogP contribution in [0.2, 0.25) is 0 Å². The van der Waals surface area contributed by atoms with Crippen LogP contribution in [0.25, 0.3) is 21.9 Å². The normalized spacial score (nSPS) is 11.3. The molecule has 1 aromatic carbocycles. The van der Waals surface area contributed by atoms with E-state index in [-0.39, 0.29) is 0 Å². The van der Waals surface area contributed by atoms with Crippen LogP contribution >= 0.6 is 0 Å². The van der Waals surface area contributed by atoms with Gasteiger partial charge in [0.1, 0.15) is 5.65 Å². The Labute approximate surface area is 134 Å². The van der Waals surface area contributed by atoms with Gasteiger partial charge in [-0.2, -0.15) is 0 Å². The molecule has 0 aliphatic heterocycles. The zero-order chi connectivity index (χ0) is 16.0. The summed E-state index contributed by atoms with van der Waals surface area (Å²) in [5, 5.41) is 5.47. The van der Waals surface area contributed by atoms with Crippen LogP contribution in [0.15, 0.2) is 42.7 Å². The van der Waals surface area contributed by atoms with Crippen molar-refractivity contribution in [1.29, 1.82) is 0 Å². The van der Waals surface area contributed by atoms with Crippen molar-refractivity contribution in [2.75, 3.05) is 5.32 Å². The van der Waals surface area contributed by atoms with Gasteiger partial charge in [0.25, 0.3) is 0 Å². The van der Waals surface area contributed by atoms with E-state index in [1.165, 1.54) is 5.56 Å². The second kappa shape index (κ2) is 5.05. The monoisotopic (exact) mass is 303 g/mol. The van der Waals surface area contributed by atoms with Crippen molar-refractivity contribution >= 4 is 33.6 Å². The molecule has 3 heterocycles. The Morgan fingerprint density at radius 2 is 1.96 bits per heavy atom. The predicted molar refractivity (Wildman–Crippen MR) is 93.0 cm³/mol. The number of nitrogens with one attached hydrogen (secondary N) is 1. The molecule has 4 rings (SSSR count). The number of aryl methyl sites for hydroxylation is 3. The molecule has 1 N–H and O–H groups in total. The Morgan fingerprint density at radius 1 is 1.09 bits per heavy atom. The molecular weight excluding hydrogens is 286 g/mol. The first-order valence-corrected chi connectivity index (χ1v) is 7.54. The van der Waals surface area contributed by atoms with E-state index in [4.69, 9.17) is 0 Å². The fourth-order valence-electron chi connectivity index (χ4n) is 2.98. The van der Waals surface area contributed by atoms with E-state index in [1.807, 2.05) is 49.1 Å². The molecule has 114 valence electrons. The zero-order valence-corrected chi connectivity index (χ0v) is 13.3. The highest BCUT2D eigenvalue weighted by atomic mass is 15.1. The van der Waals surface area contributed by atoms with E-state index in [2.05, 4.69) is 39.3 Å². The van der Waals surface area contributed by atoms with Crippen molar-refractivity contribution in [1.82, 2.24) is 19.5 Å². The first-order chi connectivity index (χ1) is 11.1. The summed E-state index contributed by atoms with van der Waals surface area (Å²) in [6, 6.07) is 10.2. The number of benzene rings is 1. The summed E-state index contributed by atoms with van der Waals surface area (Å²) < 4.78 is 2.00. The lowest BCUT2D eigenvalue weighted by atomic mass is 10.1. The number of fused-ring (bicyclic) bond motifs is 2. The fraction of sp³-hybridized carbons (Fsp3) is 0.167. The second-order valence-corrected chi connectivity index (χ2v) is 5.79. The van der Waals surface area contributed by atoms with Crippen LogP contribution in [-0.2, 0) is 7.05 Å². The molecule has 5 nitrogen and oxygen atoms in total. The summed E-state index contributed by atoms with van der Waals surface area (Å²) in [5.41, 5.74) is 4.97. The molecule has 23 heavy (non-hydrogen) atoms. The first-order valence-electron chi connectivity index (χ1n) is 7.54. The third kappa shape index (κ3) is 2.30. The van der Waals surface area contributed by atoms with Crippen LogP contribution in [0.4, 0.5) is 11.6 Å². The highest BCUT2D eigenvalue weighted by molar-refractivity contribution is 5.86. The molecule has 0 fully saturated rings. The molecule has 0 spiro atoms. The molecule has 0 unspecified atom stereocenters. The predicted octanol–water partition coefficient (Wildman–Crippen LogP) is 3.88. The molecular formula is C18H17N5. The van der Waals surface area contributed by atoms with Crippen molar-refractivity contribution < 1.29 is 0 Å². The summed E-state index contributed by atoms with van der Waals surface area (Å²) in [6.07, 6.45) is 3.81. The van der Waals surface area contributed by atoms with Gasteiger partial charge < -0.3 is 9.88 Å². The van der Waals surface area contributed by atoms with Crippen molar-refractivity contribution in [2.24, 2.45) is 7.05 Å². The van der Waals surface area contributed by atoms with Crippen LogP contribution < -0.4 is 5.32 Å². The summed E-state index contributed by atoms with van der Waals surface area (Å²) >= 11 is 0. The molecule has 0 atom stereocenters. The minimum atomic E-state index is 0.595. The molecule has 0 aliphatic rings. The van der Waals surface area contributed by atoms with Crippen LogP contribution in [-0.4, -0.2) is 19.5 Å². The summed E-state index contributed by atoms with van der Waals surface area (Å²) in [6.45, 7) is 4.10. The van der Waals surface area contributed by atoms with Gasteiger partial charge >= 0.3 is 0 Å². The Kier molecular flexibility index (Phi) is 3.01. The highest BCUT2D eigenvalue weighted by Gasteiger charge is 2.08. The first kappa shape index (κ1) is 13.7. The SMILES string of the molecule is Cc1cccc2nc(Nc3cnc4c(ccn4C)c3)nc(C)c12. The number of hydrogen-bond donors (Lipinski definition) is 1. The Hall–Kier alpha value is -2.95. The standard InChI is InChI=1S/C18H17N5/c1-11-5-4-6-15-16(11)12(2)20-18(22-15)21-14-9-13-7-8-23(3)17(13)19-10-14/h4-10H,1-3H3,(H,20,21,22). The fourth-order valence-corrected chi connectivity index (χ4v) is 2.98. The maximum Gasteiger partial charge on any atom is 0.228 e. The number of rotatable bonds is 2. The Bertz CT molecular complexity index is 1030. The van der Waals surface area contributed by atoms with Gasteiger partial charge in [-0.1, -0.05) is 12.1 Å². The van der Waals surface area contributed by atoms with Crippen LogP contribution in [0, 0.1) is 13.8 Å². The lowest BCUT2D eigenvalue weighted by Gasteiger charge is -2.09. The van der Waals surface area contributed by atoms with Crippen molar-refractivity contribution in [3.8, 4) is 0 Å². The van der Waals surface area contributed by atoms with Gasteiger partial charge in [0.15, 0.2) is 0 Å². The summed E-state index contributed by atoms with van der Waals surface area (Å²) in [5.74, 6) is 0.595. The molecule has 0 saturated carbocycles. The van der Waals surface area contributed by atoms with E-state index in [0.29, 0.717) is 5.95 Å². The molecule has 0 saturated heterocycles. The molecule has 4 aromatic rings. The number of pyridine rings is 1. The third-order valence-corrected chi connectivity index (χ3v) is 4.08. The van der Waals surface area contributed by atoms with E-state index in [0.717, 1.165) is 33.3 Å². The van der Waals surface area contributed by atoms with Gasteiger partial charge in [-0.3, -0.25) is 0 Å². The molecule has 0 aliphatic carbocycles. The lowest BCUT2D eigenvalue weighted by molar-refractivity contribution is 0.948. The number of aromatic nitrogens is 4. The van der Waals surface area contributed by atoms with Gasteiger partial charge in [-0.15, -0.1) is 0 Å². The van der Waals surface area contributed by atoms with E-state index in [9.17, 15) is 0 Å². The number of nitrogens with zero attached hydrogens (tertiary/aromatic N) is 4. The second-order valence-electron chi connectivity index (χ2n) is 5.79. The molecule has 3 aromatic heterocycles. The van der Waals surface area contributed by atoms with Gasteiger partial charge in [0.2, 0.25) is 5.95 Å². The van der Waals surface area contributed by atoms with Crippen molar-refractivity contribution in [3.63, 3.8) is 0 Å². The topological polar surface area (TPSA) is 55.6 Å². The Morgan fingerprint density at radius 3 is 2.83 bits per heavy atom. The minimum absolute atomic E-state index is 0.595. The van der Waals surface area contributed by atoms with E-state index >= 15 is 0 Å². The van der Waals surface area contributed by atoms with Gasteiger partial charge in [0, 0.05) is 24.0 Å². The van der Waals surface area contributed by atoms with Gasteiger partial charge in [-0.25, -0.2) is 15.0 Å². The van der Waals surface area contributed by atoms with Crippen LogP contribution in [0.5, 0.6) is 0 Å². The Balaban J connectivity index is 1.76. The maximum atomic E-state index is 4.62. The van der Waals surface area contributed by atoms with Crippen molar-refractivity contribution in [3.05, 3.63) is 54.0 Å². The largest absolute Gasteiger partial charge is 0.336 e. The zero-order valence-electron chi connectivity index (χ0n) is 13.3. The molecule has 0 radical (unpaired) electrons. The molecule has 5 heteroatoms. The molecule has 0 amide bonds. The highest BCUT2D eigenvalue weighted by Crippen LogP contribution is 2.23. The summed E-state index contributed by atoms with van der Waals surface area (Å²) in [7, 11) is 1.99. The average Bonchev–Trinajstić information content (AvgIpc) is 2.88. The van der Waals surface area contributed by atoms with E-state index < -0.39 is 0 Å². The number of hydrogen-bond acceptors (Lipinski definition) is 4. The summed E-state index contributed by atoms with van der Waals surface area (Å²) in [4.78, 5) is 13.7.